The number of para-hydroxylation sites is 3. The number of nitrogens with zero attached hydrogens (tertiary/aromatic N) is 3. The summed E-state index contributed by atoms with van der Waals surface area (Å²) in [4.78, 5) is 29.6. The molecular weight excluding hydrogens is 398 g/mol. The van der Waals surface area contributed by atoms with E-state index in [1.807, 2.05) is 66.7 Å². The van der Waals surface area contributed by atoms with Crippen molar-refractivity contribution >= 4 is 40.0 Å². The standard InChI is InChI=1S/C22H17N5O2S/c28-21-18-13-7-8-14-19(18)24-20(27(21)17-11-5-2-6-12-17)15-23-25-22(29)30-26-16-9-3-1-4-10-16/h1-15,26H,(H,25,29)/b23-15+. The van der Waals surface area contributed by atoms with E-state index in [2.05, 4.69) is 20.2 Å². The molecule has 7 nitrogen and oxygen atoms in total. The number of carbonyl (C=O) groups excluding carboxylic acids is 1. The third-order valence-corrected chi connectivity index (χ3v) is 4.80. The zero-order valence-corrected chi connectivity index (χ0v) is 16.5. The van der Waals surface area contributed by atoms with E-state index in [0.29, 0.717) is 22.4 Å². The van der Waals surface area contributed by atoms with Gasteiger partial charge in [0.1, 0.15) is 0 Å². The molecule has 30 heavy (non-hydrogen) atoms. The van der Waals surface area contributed by atoms with Crippen LogP contribution in [0.4, 0.5) is 10.5 Å². The predicted octanol–water partition coefficient (Wildman–Crippen LogP) is 4.19. The number of rotatable bonds is 5. The maximum Gasteiger partial charge on any atom is 0.319 e. The summed E-state index contributed by atoms with van der Waals surface area (Å²) < 4.78 is 4.39. The van der Waals surface area contributed by atoms with Crippen LogP contribution in [0.25, 0.3) is 16.6 Å². The highest BCUT2D eigenvalue weighted by molar-refractivity contribution is 8.14. The number of hydrogen-bond donors (Lipinski definition) is 2. The van der Waals surface area contributed by atoms with E-state index >= 15 is 0 Å². The minimum absolute atomic E-state index is 0.209. The number of benzene rings is 3. The Morgan fingerprint density at radius 2 is 1.60 bits per heavy atom. The highest BCUT2D eigenvalue weighted by Crippen LogP contribution is 2.13. The Labute approximate surface area is 176 Å². The highest BCUT2D eigenvalue weighted by Gasteiger charge is 2.11. The van der Waals surface area contributed by atoms with E-state index in [0.717, 1.165) is 17.6 Å². The molecule has 4 rings (SSSR count). The van der Waals surface area contributed by atoms with Gasteiger partial charge in [0.25, 0.3) is 5.56 Å². The lowest BCUT2D eigenvalue weighted by Crippen LogP contribution is -2.24. The van der Waals surface area contributed by atoms with Crippen LogP contribution in [-0.4, -0.2) is 21.0 Å². The van der Waals surface area contributed by atoms with Crippen molar-refractivity contribution in [1.82, 2.24) is 15.0 Å². The Balaban J connectivity index is 1.58. The minimum Gasteiger partial charge on any atom is -0.322 e. The molecule has 0 saturated carbocycles. The second-order valence-corrected chi connectivity index (χ2v) is 6.97. The molecular formula is C22H17N5O2S. The van der Waals surface area contributed by atoms with Crippen molar-refractivity contribution in [3.8, 4) is 5.69 Å². The van der Waals surface area contributed by atoms with Crippen LogP contribution in [0.1, 0.15) is 5.82 Å². The van der Waals surface area contributed by atoms with Crippen molar-refractivity contribution in [2.45, 2.75) is 0 Å². The lowest BCUT2D eigenvalue weighted by Gasteiger charge is -2.10. The number of nitrogens with one attached hydrogen (secondary N) is 2. The Bertz CT molecular complexity index is 1260. The van der Waals surface area contributed by atoms with Gasteiger partial charge in [-0.1, -0.05) is 48.5 Å². The van der Waals surface area contributed by atoms with E-state index < -0.39 is 5.24 Å². The van der Waals surface area contributed by atoms with Gasteiger partial charge in [-0.25, -0.2) is 10.4 Å². The lowest BCUT2D eigenvalue weighted by atomic mass is 10.2. The molecule has 0 aliphatic carbocycles. The molecule has 0 unspecified atom stereocenters. The Kier molecular flexibility index (Phi) is 5.86. The molecule has 0 aliphatic heterocycles. The van der Waals surface area contributed by atoms with E-state index in [9.17, 15) is 9.59 Å². The summed E-state index contributed by atoms with van der Waals surface area (Å²) in [6.45, 7) is 0. The first-order chi connectivity index (χ1) is 14.7. The quantitative estimate of drug-likeness (QED) is 0.290. The molecule has 0 fully saturated rings. The van der Waals surface area contributed by atoms with Crippen molar-refractivity contribution in [2.75, 3.05) is 4.72 Å². The summed E-state index contributed by atoms with van der Waals surface area (Å²) in [5.74, 6) is 0.311. The van der Waals surface area contributed by atoms with Gasteiger partial charge in [0.05, 0.1) is 22.8 Å². The normalized spacial score (nSPS) is 10.9. The maximum atomic E-state index is 13.1. The van der Waals surface area contributed by atoms with E-state index in [-0.39, 0.29) is 5.56 Å². The van der Waals surface area contributed by atoms with Gasteiger partial charge in [0, 0.05) is 17.6 Å². The van der Waals surface area contributed by atoms with E-state index in [1.54, 1.807) is 18.2 Å². The fourth-order valence-electron chi connectivity index (χ4n) is 2.84. The molecule has 0 atom stereocenters. The second-order valence-electron chi connectivity index (χ2n) is 6.19. The highest BCUT2D eigenvalue weighted by atomic mass is 32.2. The Morgan fingerprint density at radius 1 is 0.933 bits per heavy atom. The first-order valence-corrected chi connectivity index (χ1v) is 9.92. The Morgan fingerprint density at radius 3 is 2.37 bits per heavy atom. The van der Waals surface area contributed by atoms with Crippen molar-refractivity contribution in [3.05, 3.63) is 101 Å². The third kappa shape index (κ3) is 4.39. The van der Waals surface area contributed by atoms with Gasteiger partial charge in [-0.3, -0.25) is 14.2 Å². The van der Waals surface area contributed by atoms with Gasteiger partial charge in [0.2, 0.25) is 0 Å². The van der Waals surface area contributed by atoms with Crippen LogP contribution >= 0.6 is 11.9 Å². The molecule has 1 heterocycles. The lowest BCUT2D eigenvalue weighted by molar-refractivity contribution is 0.261. The zero-order valence-electron chi connectivity index (χ0n) is 15.7. The average molecular weight is 415 g/mol. The molecule has 0 saturated heterocycles. The molecule has 0 bridgehead atoms. The summed E-state index contributed by atoms with van der Waals surface area (Å²) in [6, 6.07) is 25.6. The van der Waals surface area contributed by atoms with Crippen LogP contribution in [-0.2, 0) is 0 Å². The second kappa shape index (κ2) is 9.06. The van der Waals surface area contributed by atoms with Crippen molar-refractivity contribution < 1.29 is 4.79 Å². The summed E-state index contributed by atoms with van der Waals surface area (Å²) in [6.07, 6.45) is 1.36. The molecule has 1 aromatic heterocycles. The molecule has 0 spiro atoms. The fraction of sp³-hybridized carbons (Fsp3) is 0. The van der Waals surface area contributed by atoms with Crippen LogP contribution in [0.15, 0.2) is 94.8 Å². The summed E-state index contributed by atoms with van der Waals surface area (Å²) in [5, 5.41) is 4.09. The maximum absolute atomic E-state index is 13.1. The first-order valence-electron chi connectivity index (χ1n) is 9.10. The van der Waals surface area contributed by atoms with Gasteiger partial charge < -0.3 is 4.72 Å². The Hall–Kier alpha value is -3.91. The number of hydrazone groups is 1. The van der Waals surface area contributed by atoms with Crippen molar-refractivity contribution in [2.24, 2.45) is 5.10 Å². The number of carbonyl (C=O) groups is 1. The monoisotopic (exact) mass is 415 g/mol. The fourth-order valence-corrected chi connectivity index (χ4v) is 3.29. The van der Waals surface area contributed by atoms with Crippen LogP contribution < -0.4 is 15.7 Å². The largest absolute Gasteiger partial charge is 0.322 e. The van der Waals surface area contributed by atoms with Gasteiger partial charge in [-0.15, -0.1) is 0 Å². The van der Waals surface area contributed by atoms with Crippen LogP contribution in [0.5, 0.6) is 0 Å². The smallest absolute Gasteiger partial charge is 0.319 e. The number of fused-ring (bicyclic) bond motifs is 1. The van der Waals surface area contributed by atoms with E-state index in [1.165, 1.54) is 10.8 Å². The van der Waals surface area contributed by atoms with Crippen molar-refractivity contribution in [3.63, 3.8) is 0 Å². The molecule has 0 radical (unpaired) electrons. The van der Waals surface area contributed by atoms with Crippen LogP contribution in [0.2, 0.25) is 0 Å². The van der Waals surface area contributed by atoms with Crippen LogP contribution in [0, 0.1) is 0 Å². The number of hydrogen-bond acceptors (Lipinski definition) is 6. The first kappa shape index (κ1) is 19.4. The minimum atomic E-state index is -0.399. The summed E-state index contributed by atoms with van der Waals surface area (Å²) >= 11 is 0.868. The topological polar surface area (TPSA) is 88.4 Å². The number of aromatic nitrogens is 2. The summed E-state index contributed by atoms with van der Waals surface area (Å²) in [7, 11) is 0. The number of anilines is 1. The van der Waals surface area contributed by atoms with Crippen LogP contribution in [0.3, 0.4) is 0 Å². The molecule has 3 aromatic carbocycles. The van der Waals surface area contributed by atoms with Gasteiger partial charge in [0.15, 0.2) is 5.82 Å². The van der Waals surface area contributed by atoms with Gasteiger partial charge >= 0.3 is 5.24 Å². The molecule has 8 heteroatoms. The molecule has 1 amide bonds. The SMILES string of the molecule is O=C(N/N=C/c1nc2ccccc2c(=O)n1-c1ccccc1)SNc1ccccc1. The average Bonchev–Trinajstić information content (AvgIpc) is 2.79. The van der Waals surface area contributed by atoms with Gasteiger partial charge in [-0.05, 0) is 36.4 Å². The van der Waals surface area contributed by atoms with Crippen molar-refractivity contribution in [1.29, 1.82) is 0 Å². The molecule has 0 aliphatic rings. The molecule has 148 valence electrons. The summed E-state index contributed by atoms with van der Waals surface area (Å²) in [5.41, 5.74) is 4.23. The van der Waals surface area contributed by atoms with E-state index in [4.69, 9.17) is 0 Å². The number of amides is 1. The molecule has 2 N–H and O–H groups in total. The molecule has 4 aromatic rings. The predicted molar refractivity (Wildman–Crippen MR) is 121 cm³/mol. The third-order valence-electron chi connectivity index (χ3n) is 4.19. The zero-order chi connectivity index (χ0) is 20.8. The van der Waals surface area contributed by atoms with Gasteiger partial charge in [-0.2, -0.15) is 5.10 Å².